The Kier molecular flexibility index (Phi) is 6.89. The van der Waals surface area contributed by atoms with Gasteiger partial charge in [-0.2, -0.15) is 0 Å². The maximum atomic E-state index is 13.1. The molecule has 0 aromatic heterocycles. The van der Waals surface area contributed by atoms with Gasteiger partial charge in [0, 0.05) is 17.5 Å². The first-order chi connectivity index (χ1) is 14.6. The van der Waals surface area contributed by atoms with E-state index in [-0.39, 0.29) is 25.3 Å². The molecule has 0 aliphatic carbocycles. The van der Waals surface area contributed by atoms with Gasteiger partial charge in [0.15, 0.2) is 0 Å². The lowest BCUT2D eigenvalue weighted by molar-refractivity contribution is -0.155. The molecule has 1 unspecified atom stereocenters. The van der Waals surface area contributed by atoms with Gasteiger partial charge in [0.2, 0.25) is 5.91 Å². The van der Waals surface area contributed by atoms with Crippen LogP contribution in [0.15, 0.2) is 12.1 Å². The maximum Gasteiger partial charge on any atom is 0.306 e. The van der Waals surface area contributed by atoms with E-state index >= 15 is 0 Å². The zero-order chi connectivity index (χ0) is 22.8. The standard InChI is InChI=1S/C23H33N3O5/c1-23(2,3)31-19(27)8-7-18(21(24)28)26-13-17-16(22(26)29)6-5-15(20(17)30-4)14-9-11-25-12-10-14/h5-6,14,18,25H,7-13H2,1-4H3,(H2,24,28). The summed E-state index contributed by atoms with van der Waals surface area (Å²) in [4.78, 5) is 38.9. The molecule has 0 saturated carbocycles. The van der Waals surface area contributed by atoms with Crippen LogP contribution in [-0.2, 0) is 20.9 Å². The SMILES string of the molecule is COc1c(C2CCNCC2)ccc2c1CN(C(CCC(=O)OC(C)(C)C)C(N)=O)C2=O. The quantitative estimate of drug-likeness (QED) is 0.640. The highest BCUT2D eigenvalue weighted by atomic mass is 16.6. The van der Waals surface area contributed by atoms with Crippen molar-refractivity contribution in [1.82, 2.24) is 10.2 Å². The molecule has 8 nitrogen and oxygen atoms in total. The van der Waals surface area contributed by atoms with Crippen molar-refractivity contribution in [2.75, 3.05) is 20.2 Å². The first kappa shape index (κ1) is 23.1. The molecule has 1 aromatic carbocycles. The van der Waals surface area contributed by atoms with E-state index in [0.29, 0.717) is 11.5 Å². The second-order valence-corrected chi connectivity index (χ2v) is 9.21. The van der Waals surface area contributed by atoms with Crippen LogP contribution in [0.2, 0.25) is 0 Å². The summed E-state index contributed by atoms with van der Waals surface area (Å²) in [6.07, 6.45) is 2.13. The summed E-state index contributed by atoms with van der Waals surface area (Å²) in [6.45, 7) is 7.48. The molecule has 1 saturated heterocycles. The number of amides is 2. The van der Waals surface area contributed by atoms with Gasteiger partial charge >= 0.3 is 5.97 Å². The van der Waals surface area contributed by atoms with Crippen LogP contribution in [0.1, 0.15) is 73.9 Å². The summed E-state index contributed by atoms with van der Waals surface area (Å²) in [6, 6.07) is 2.90. The molecule has 0 spiro atoms. The fourth-order valence-corrected chi connectivity index (χ4v) is 4.45. The maximum absolute atomic E-state index is 13.1. The van der Waals surface area contributed by atoms with Crippen molar-refractivity contribution in [2.24, 2.45) is 5.73 Å². The van der Waals surface area contributed by atoms with Crippen LogP contribution in [0.25, 0.3) is 0 Å². The van der Waals surface area contributed by atoms with Crippen molar-refractivity contribution in [1.29, 1.82) is 0 Å². The predicted molar refractivity (Wildman–Crippen MR) is 116 cm³/mol. The van der Waals surface area contributed by atoms with E-state index < -0.39 is 23.5 Å². The number of ether oxygens (including phenoxy) is 2. The summed E-state index contributed by atoms with van der Waals surface area (Å²) < 4.78 is 11.1. The molecule has 1 atom stereocenters. The van der Waals surface area contributed by atoms with E-state index in [1.54, 1.807) is 27.9 Å². The van der Waals surface area contributed by atoms with Gasteiger partial charge in [0.1, 0.15) is 17.4 Å². The third kappa shape index (κ3) is 5.18. The minimum Gasteiger partial charge on any atom is -0.496 e. The van der Waals surface area contributed by atoms with E-state index in [0.717, 1.165) is 42.8 Å². The van der Waals surface area contributed by atoms with Crippen molar-refractivity contribution in [3.8, 4) is 5.75 Å². The fraction of sp³-hybridized carbons (Fsp3) is 0.609. The third-order valence-corrected chi connectivity index (χ3v) is 5.84. The molecule has 2 aliphatic heterocycles. The molecule has 170 valence electrons. The first-order valence-electron chi connectivity index (χ1n) is 10.8. The van der Waals surface area contributed by atoms with Gasteiger partial charge in [-0.1, -0.05) is 6.07 Å². The zero-order valence-corrected chi connectivity index (χ0v) is 18.8. The number of rotatable bonds is 7. The highest BCUT2D eigenvalue weighted by Gasteiger charge is 2.38. The highest BCUT2D eigenvalue weighted by Crippen LogP contribution is 2.40. The van der Waals surface area contributed by atoms with Crippen LogP contribution in [0, 0.1) is 0 Å². The second kappa shape index (κ2) is 9.26. The van der Waals surface area contributed by atoms with Gasteiger partial charge in [0.05, 0.1) is 13.7 Å². The van der Waals surface area contributed by atoms with Crippen molar-refractivity contribution in [2.45, 2.75) is 70.6 Å². The minimum atomic E-state index is -0.889. The molecular weight excluding hydrogens is 398 g/mol. The summed E-state index contributed by atoms with van der Waals surface area (Å²) in [5, 5.41) is 3.36. The van der Waals surface area contributed by atoms with E-state index in [1.165, 1.54) is 4.90 Å². The molecule has 0 bridgehead atoms. The molecule has 31 heavy (non-hydrogen) atoms. The van der Waals surface area contributed by atoms with Crippen LogP contribution in [-0.4, -0.2) is 54.5 Å². The molecular formula is C23H33N3O5. The van der Waals surface area contributed by atoms with Crippen LogP contribution in [0.4, 0.5) is 0 Å². The smallest absolute Gasteiger partial charge is 0.306 e. The van der Waals surface area contributed by atoms with Gasteiger partial charge in [-0.15, -0.1) is 0 Å². The molecule has 1 aromatic rings. The van der Waals surface area contributed by atoms with E-state index in [2.05, 4.69) is 5.32 Å². The Balaban J connectivity index is 1.80. The van der Waals surface area contributed by atoms with Crippen LogP contribution in [0.5, 0.6) is 5.75 Å². The first-order valence-corrected chi connectivity index (χ1v) is 10.8. The number of benzene rings is 1. The lowest BCUT2D eigenvalue weighted by Gasteiger charge is -2.26. The summed E-state index contributed by atoms with van der Waals surface area (Å²) in [7, 11) is 1.61. The van der Waals surface area contributed by atoms with Crippen molar-refractivity contribution < 1.29 is 23.9 Å². The number of methoxy groups -OCH3 is 1. The Labute approximate surface area is 183 Å². The number of hydrogen-bond donors (Lipinski definition) is 2. The van der Waals surface area contributed by atoms with Gasteiger partial charge < -0.3 is 25.4 Å². The molecule has 2 heterocycles. The Morgan fingerprint density at radius 1 is 1.26 bits per heavy atom. The Hall–Kier alpha value is -2.61. The van der Waals surface area contributed by atoms with Crippen molar-refractivity contribution >= 4 is 17.8 Å². The van der Waals surface area contributed by atoms with Crippen molar-refractivity contribution in [3.63, 3.8) is 0 Å². The molecule has 3 rings (SSSR count). The topological polar surface area (TPSA) is 111 Å². The lowest BCUT2D eigenvalue weighted by Crippen LogP contribution is -2.45. The number of piperidine rings is 1. The Morgan fingerprint density at radius 3 is 2.52 bits per heavy atom. The molecule has 0 radical (unpaired) electrons. The second-order valence-electron chi connectivity index (χ2n) is 9.21. The predicted octanol–water partition coefficient (Wildman–Crippen LogP) is 2.09. The average Bonchev–Trinajstić information content (AvgIpc) is 3.03. The third-order valence-electron chi connectivity index (χ3n) is 5.84. The molecule has 8 heteroatoms. The summed E-state index contributed by atoms with van der Waals surface area (Å²) >= 11 is 0. The lowest BCUT2D eigenvalue weighted by atomic mass is 9.87. The average molecular weight is 432 g/mol. The van der Waals surface area contributed by atoms with Crippen LogP contribution < -0.4 is 15.8 Å². The number of carbonyl (C=O) groups excluding carboxylic acids is 3. The van der Waals surface area contributed by atoms with Crippen molar-refractivity contribution in [3.05, 3.63) is 28.8 Å². The zero-order valence-electron chi connectivity index (χ0n) is 18.8. The van der Waals surface area contributed by atoms with E-state index in [1.807, 2.05) is 12.1 Å². The molecule has 2 amide bonds. The van der Waals surface area contributed by atoms with Crippen LogP contribution >= 0.6 is 0 Å². The number of nitrogens with two attached hydrogens (primary N) is 1. The summed E-state index contributed by atoms with van der Waals surface area (Å²) in [5.41, 5.74) is 7.42. The number of nitrogens with one attached hydrogen (secondary N) is 1. The minimum absolute atomic E-state index is 0.00244. The normalized spacial score (nSPS) is 17.9. The number of carbonyl (C=O) groups is 3. The number of esters is 1. The Bertz CT molecular complexity index is 856. The van der Waals surface area contributed by atoms with Gasteiger partial charge in [-0.05, 0) is 70.7 Å². The van der Waals surface area contributed by atoms with E-state index in [9.17, 15) is 14.4 Å². The molecule has 1 fully saturated rings. The van der Waals surface area contributed by atoms with Gasteiger partial charge in [-0.3, -0.25) is 14.4 Å². The van der Waals surface area contributed by atoms with Gasteiger partial charge in [-0.25, -0.2) is 0 Å². The number of nitrogens with zero attached hydrogens (tertiary/aromatic N) is 1. The fourth-order valence-electron chi connectivity index (χ4n) is 4.45. The van der Waals surface area contributed by atoms with E-state index in [4.69, 9.17) is 15.2 Å². The molecule has 3 N–H and O–H groups in total. The Morgan fingerprint density at radius 2 is 1.94 bits per heavy atom. The number of primary amides is 1. The number of hydrogen-bond acceptors (Lipinski definition) is 6. The number of fused-ring (bicyclic) bond motifs is 1. The summed E-state index contributed by atoms with van der Waals surface area (Å²) in [5.74, 6) is -0.241. The van der Waals surface area contributed by atoms with Gasteiger partial charge in [0.25, 0.3) is 5.91 Å². The molecule has 2 aliphatic rings. The van der Waals surface area contributed by atoms with Crippen LogP contribution in [0.3, 0.4) is 0 Å². The monoisotopic (exact) mass is 431 g/mol. The largest absolute Gasteiger partial charge is 0.496 e. The highest BCUT2D eigenvalue weighted by molar-refractivity contribution is 6.02.